The fourth-order valence-electron chi connectivity index (χ4n) is 1.81. The molecule has 1 rings (SSSR count). The van der Waals surface area contributed by atoms with Gasteiger partial charge < -0.3 is 25.4 Å². The number of carboxylic acid groups (broad SMARTS) is 1. The Morgan fingerprint density at radius 1 is 1.32 bits per heavy atom. The van der Waals surface area contributed by atoms with Gasteiger partial charge in [-0.2, -0.15) is 0 Å². The first-order chi connectivity index (χ1) is 10.4. The van der Waals surface area contributed by atoms with Crippen LogP contribution in [0.2, 0.25) is 0 Å². The van der Waals surface area contributed by atoms with E-state index in [1.54, 1.807) is 6.07 Å². The molecule has 0 aliphatic rings. The average molecular weight is 309 g/mol. The molecular weight excluding hydrogens is 290 g/mol. The number of hydrogen-bond donors (Lipinski definition) is 4. The summed E-state index contributed by atoms with van der Waals surface area (Å²) in [6.45, 7) is 3.39. The van der Waals surface area contributed by atoms with Gasteiger partial charge in [0.15, 0.2) is 11.5 Å². The number of hydrogen-bond acceptors (Lipinski definition) is 5. The van der Waals surface area contributed by atoms with Gasteiger partial charge in [-0.25, -0.2) is 9.59 Å². The van der Waals surface area contributed by atoms with E-state index in [4.69, 9.17) is 5.11 Å². The van der Waals surface area contributed by atoms with Crippen molar-refractivity contribution >= 4 is 12.1 Å². The zero-order valence-electron chi connectivity index (χ0n) is 12.0. The van der Waals surface area contributed by atoms with E-state index in [0.29, 0.717) is 12.8 Å². The van der Waals surface area contributed by atoms with E-state index < -0.39 is 18.1 Å². The lowest BCUT2D eigenvalue weighted by atomic mass is 10.0. The summed E-state index contributed by atoms with van der Waals surface area (Å²) in [5.74, 6) is -1.58. The normalized spacial score (nSPS) is 11.5. The number of carbonyl (C=O) groups is 2. The first-order valence-electron chi connectivity index (χ1n) is 6.72. The SMILES string of the molecule is C=CCOC(=O)NC(CCCc1ccc(O)c(O)c1)C(=O)O. The molecule has 1 aromatic carbocycles. The van der Waals surface area contributed by atoms with E-state index in [2.05, 4.69) is 16.6 Å². The number of nitrogens with one attached hydrogen (secondary N) is 1. The van der Waals surface area contributed by atoms with Crippen molar-refractivity contribution in [1.82, 2.24) is 5.32 Å². The molecule has 0 saturated carbocycles. The lowest BCUT2D eigenvalue weighted by molar-refractivity contribution is -0.139. The highest BCUT2D eigenvalue weighted by atomic mass is 16.5. The smallest absolute Gasteiger partial charge is 0.408 e. The molecule has 0 saturated heterocycles. The van der Waals surface area contributed by atoms with Crippen molar-refractivity contribution in [2.24, 2.45) is 0 Å². The van der Waals surface area contributed by atoms with Crippen molar-refractivity contribution in [3.8, 4) is 11.5 Å². The Balaban J connectivity index is 2.47. The maximum Gasteiger partial charge on any atom is 0.408 e. The van der Waals surface area contributed by atoms with Gasteiger partial charge in [0.1, 0.15) is 12.6 Å². The van der Waals surface area contributed by atoms with Crippen molar-refractivity contribution in [1.29, 1.82) is 0 Å². The number of carboxylic acids is 1. The molecule has 120 valence electrons. The summed E-state index contributed by atoms with van der Waals surface area (Å²) in [6.07, 6.45) is 1.76. The number of ether oxygens (including phenoxy) is 1. The van der Waals surface area contributed by atoms with Crippen LogP contribution in [0.25, 0.3) is 0 Å². The van der Waals surface area contributed by atoms with E-state index >= 15 is 0 Å². The summed E-state index contributed by atoms with van der Waals surface area (Å²) < 4.78 is 4.67. The van der Waals surface area contributed by atoms with Crippen LogP contribution in [0.15, 0.2) is 30.9 Å². The topological polar surface area (TPSA) is 116 Å². The van der Waals surface area contributed by atoms with Crippen LogP contribution >= 0.6 is 0 Å². The zero-order chi connectivity index (χ0) is 16.5. The van der Waals surface area contributed by atoms with Gasteiger partial charge in [0, 0.05) is 0 Å². The Labute approximate surface area is 127 Å². The molecule has 0 heterocycles. The predicted octanol–water partition coefficient (Wildman–Crippen LogP) is 1.79. The molecule has 7 heteroatoms. The number of benzene rings is 1. The second-order valence-corrected chi connectivity index (χ2v) is 4.64. The van der Waals surface area contributed by atoms with Crippen molar-refractivity contribution < 1.29 is 29.6 Å². The quantitative estimate of drug-likeness (QED) is 0.430. The van der Waals surface area contributed by atoms with Gasteiger partial charge in [-0.15, -0.1) is 0 Å². The Morgan fingerprint density at radius 3 is 2.64 bits per heavy atom. The summed E-state index contributed by atoms with van der Waals surface area (Å²) in [7, 11) is 0. The van der Waals surface area contributed by atoms with Crippen LogP contribution in [0.3, 0.4) is 0 Å². The minimum absolute atomic E-state index is 0.00492. The van der Waals surface area contributed by atoms with Gasteiger partial charge in [0.05, 0.1) is 0 Å². The van der Waals surface area contributed by atoms with Crippen LogP contribution in [0.1, 0.15) is 18.4 Å². The number of phenolic OH excluding ortho intramolecular Hbond substituents is 2. The van der Waals surface area contributed by atoms with Crippen LogP contribution in [0, 0.1) is 0 Å². The van der Waals surface area contributed by atoms with Gasteiger partial charge in [-0.1, -0.05) is 18.7 Å². The van der Waals surface area contributed by atoms with Crippen molar-refractivity contribution in [3.63, 3.8) is 0 Å². The van der Waals surface area contributed by atoms with Crippen LogP contribution in [0.5, 0.6) is 11.5 Å². The summed E-state index contributed by atoms with van der Waals surface area (Å²) >= 11 is 0. The maximum absolute atomic E-state index is 11.3. The van der Waals surface area contributed by atoms with E-state index in [1.807, 2.05) is 0 Å². The predicted molar refractivity (Wildman–Crippen MR) is 78.8 cm³/mol. The van der Waals surface area contributed by atoms with Crippen molar-refractivity contribution in [2.45, 2.75) is 25.3 Å². The van der Waals surface area contributed by atoms with Gasteiger partial charge >= 0.3 is 12.1 Å². The Morgan fingerprint density at radius 2 is 2.05 bits per heavy atom. The van der Waals surface area contributed by atoms with Crippen LogP contribution in [0.4, 0.5) is 4.79 Å². The monoisotopic (exact) mass is 309 g/mol. The van der Waals surface area contributed by atoms with Gasteiger partial charge in [0.2, 0.25) is 0 Å². The van der Waals surface area contributed by atoms with Gasteiger partial charge in [-0.05, 0) is 37.0 Å². The van der Waals surface area contributed by atoms with Crippen molar-refractivity contribution in [2.75, 3.05) is 6.61 Å². The lowest BCUT2D eigenvalue weighted by Gasteiger charge is -2.14. The third kappa shape index (κ3) is 5.74. The number of aryl methyl sites for hydroxylation is 1. The van der Waals surface area contributed by atoms with E-state index in [-0.39, 0.29) is 24.5 Å². The highest BCUT2D eigenvalue weighted by Crippen LogP contribution is 2.25. The molecule has 0 radical (unpaired) electrons. The minimum Gasteiger partial charge on any atom is -0.504 e. The molecule has 0 aromatic heterocycles. The number of aromatic hydroxyl groups is 2. The maximum atomic E-state index is 11.3. The van der Waals surface area contributed by atoms with Gasteiger partial charge in [-0.3, -0.25) is 0 Å². The second kappa shape index (κ2) is 8.56. The number of aliphatic carboxylic acids is 1. The number of carbonyl (C=O) groups excluding carboxylic acids is 1. The first kappa shape index (κ1) is 17.4. The third-order valence-corrected chi connectivity index (χ3v) is 2.92. The first-order valence-corrected chi connectivity index (χ1v) is 6.72. The molecule has 0 bridgehead atoms. The van der Waals surface area contributed by atoms with Crippen LogP contribution in [-0.4, -0.2) is 40.0 Å². The Hall–Kier alpha value is -2.70. The van der Waals surface area contributed by atoms with Gasteiger partial charge in [0.25, 0.3) is 0 Å². The van der Waals surface area contributed by atoms with Crippen LogP contribution in [-0.2, 0) is 16.0 Å². The fraction of sp³-hybridized carbons (Fsp3) is 0.333. The molecule has 1 amide bonds. The number of alkyl carbamates (subject to hydrolysis) is 1. The standard InChI is InChI=1S/C15H19NO6/c1-2-8-22-15(21)16-11(14(19)20)5-3-4-10-6-7-12(17)13(18)9-10/h2,6-7,9,11,17-18H,1,3-5,8H2,(H,16,21)(H,19,20). The summed E-state index contributed by atoms with van der Waals surface area (Å²) in [5, 5.41) is 29.9. The number of amides is 1. The van der Waals surface area contributed by atoms with E-state index in [9.17, 15) is 19.8 Å². The highest BCUT2D eigenvalue weighted by molar-refractivity contribution is 5.79. The molecule has 1 atom stereocenters. The Kier molecular flexibility index (Phi) is 6.75. The fourth-order valence-corrected chi connectivity index (χ4v) is 1.81. The van der Waals surface area contributed by atoms with E-state index in [0.717, 1.165) is 5.56 Å². The molecule has 0 aliphatic heterocycles. The minimum atomic E-state index is -1.15. The highest BCUT2D eigenvalue weighted by Gasteiger charge is 2.20. The molecule has 1 aromatic rings. The molecule has 0 aliphatic carbocycles. The summed E-state index contributed by atoms with van der Waals surface area (Å²) in [6, 6.07) is 3.36. The molecule has 22 heavy (non-hydrogen) atoms. The lowest BCUT2D eigenvalue weighted by Crippen LogP contribution is -2.41. The van der Waals surface area contributed by atoms with Crippen molar-refractivity contribution in [3.05, 3.63) is 36.4 Å². The largest absolute Gasteiger partial charge is 0.504 e. The number of phenols is 2. The molecule has 1 unspecified atom stereocenters. The Bertz CT molecular complexity index is 543. The molecule has 7 nitrogen and oxygen atoms in total. The summed E-state index contributed by atoms with van der Waals surface area (Å²) in [4.78, 5) is 22.4. The zero-order valence-corrected chi connectivity index (χ0v) is 12.0. The second-order valence-electron chi connectivity index (χ2n) is 4.64. The molecular formula is C15H19NO6. The third-order valence-electron chi connectivity index (χ3n) is 2.92. The van der Waals surface area contributed by atoms with E-state index in [1.165, 1.54) is 18.2 Å². The summed E-state index contributed by atoms with van der Waals surface area (Å²) in [5.41, 5.74) is 0.758. The number of rotatable bonds is 8. The molecule has 4 N–H and O–H groups in total. The molecule has 0 spiro atoms. The van der Waals surface area contributed by atoms with Crippen LogP contribution < -0.4 is 5.32 Å². The molecule has 0 fully saturated rings. The average Bonchev–Trinajstić information content (AvgIpc) is 2.47.